The largest absolute Gasteiger partial charge is 0.443 e. The number of hydrogen-bond donors (Lipinski definition) is 1. The van der Waals surface area contributed by atoms with Gasteiger partial charge >= 0.3 is 17.9 Å². The molecule has 2 N–H and O–H groups in total. The quantitative estimate of drug-likeness (QED) is 0.199. The van der Waals surface area contributed by atoms with Crippen LogP contribution in [0, 0.1) is 0 Å². The van der Waals surface area contributed by atoms with Gasteiger partial charge in [-0.15, -0.1) is 8.96 Å². The lowest BCUT2D eigenvalue weighted by molar-refractivity contribution is 0.0600. The number of nitrogens with zero attached hydrogens (tertiary/aromatic N) is 4. The number of fused-ring (bicyclic) bond motifs is 1. The fraction of sp³-hybridized carbons (Fsp3) is 0.281. The summed E-state index contributed by atoms with van der Waals surface area (Å²) >= 11 is 12.1. The Labute approximate surface area is 286 Å². The van der Waals surface area contributed by atoms with Crippen LogP contribution < -0.4 is 21.9 Å². The van der Waals surface area contributed by atoms with Crippen LogP contribution in [0.25, 0.3) is 10.9 Å². The molecule has 0 saturated heterocycles. The number of anilines is 1. The van der Waals surface area contributed by atoms with Gasteiger partial charge in [-0.2, -0.15) is 0 Å². The number of nitrogens with two attached hydrogens (primary N) is 1. The number of ether oxygens (including phenoxy) is 2. The van der Waals surface area contributed by atoms with Gasteiger partial charge in [-0.3, -0.25) is 9.36 Å². The van der Waals surface area contributed by atoms with Crippen molar-refractivity contribution in [2.24, 2.45) is 10.7 Å². The summed E-state index contributed by atoms with van der Waals surface area (Å²) in [5, 5.41) is 0.394. The van der Waals surface area contributed by atoms with Crippen LogP contribution in [0.2, 0.25) is 10.0 Å². The predicted molar refractivity (Wildman–Crippen MR) is 184 cm³/mol. The number of benzene rings is 3. The van der Waals surface area contributed by atoms with E-state index in [1.807, 2.05) is 0 Å². The second kappa shape index (κ2) is 13.5. The van der Waals surface area contributed by atoms with Gasteiger partial charge in [0.25, 0.3) is 15.6 Å². The Bertz CT molecular complexity index is 2150. The molecule has 0 aliphatic rings. The van der Waals surface area contributed by atoms with E-state index in [4.69, 9.17) is 38.4 Å². The van der Waals surface area contributed by atoms with Crippen molar-refractivity contribution in [3.8, 4) is 0 Å². The molecule has 1 aromatic heterocycles. The molecular formula is C32H33Cl2N5O8S. The number of carbonyl (C=O) groups is 2. The first-order valence-corrected chi connectivity index (χ1v) is 16.5. The molecule has 0 radical (unpaired) electrons. The van der Waals surface area contributed by atoms with Gasteiger partial charge in [-0.1, -0.05) is 35.3 Å². The zero-order valence-electron chi connectivity index (χ0n) is 26.9. The number of hydrogen-bond acceptors (Lipinski definition) is 8. The fourth-order valence-electron chi connectivity index (χ4n) is 4.39. The molecule has 4 rings (SSSR count). The summed E-state index contributed by atoms with van der Waals surface area (Å²) in [6.45, 7) is 9.64. The maximum absolute atomic E-state index is 13.8. The van der Waals surface area contributed by atoms with Crippen LogP contribution in [0.1, 0.15) is 47.1 Å². The van der Waals surface area contributed by atoms with Crippen molar-refractivity contribution in [3.05, 3.63) is 103 Å². The molecule has 4 aromatic rings. The van der Waals surface area contributed by atoms with Gasteiger partial charge in [0, 0.05) is 10.0 Å². The highest BCUT2D eigenvalue weighted by molar-refractivity contribution is 7.90. The topological polar surface area (TPSA) is 172 Å². The summed E-state index contributed by atoms with van der Waals surface area (Å²) < 4.78 is 39.1. The van der Waals surface area contributed by atoms with E-state index in [1.54, 1.807) is 41.5 Å². The molecule has 0 aliphatic heterocycles. The van der Waals surface area contributed by atoms with Crippen molar-refractivity contribution in [1.82, 2.24) is 8.54 Å². The van der Waals surface area contributed by atoms with Crippen LogP contribution in [0.15, 0.2) is 86.2 Å². The summed E-state index contributed by atoms with van der Waals surface area (Å²) in [4.78, 5) is 57.1. The van der Waals surface area contributed by atoms with E-state index in [1.165, 1.54) is 66.7 Å². The van der Waals surface area contributed by atoms with Crippen LogP contribution in [0.3, 0.4) is 0 Å². The monoisotopic (exact) mass is 717 g/mol. The lowest BCUT2D eigenvalue weighted by atomic mass is 10.1. The molecule has 0 aliphatic carbocycles. The molecule has 0 atom stereocenters. The molecule has 16 heteroatoms. The molecule has 13 nitrogen and oxygen atoms in total. The Morgan fingerprint density at radius 2 is 1.42 bits per heavy atom. The normalized spacial score (nSPS) is 12.5. The predicted octanol–water partition coefficient (Wildman–Crippen LogP) is 5.75. The number of rotatable bonds is 5. The molecule has 48 heavy (non-hydrogen) atoms. The SMILES string of the molecule is CC(C)(C)OC(=O)N=C(N)N(C(=O)OC(C)(C)C)c1ccc(Cn2c(=O)n(S(=O)(=O)c3ccc(Cl)cc3)c(=O)c3ccc(Cl)cc32)cc1. The minimum atomic E-state index is -4.65. The zero-order chi connectivity index (χ0) is 35.8. The Balaban J connectivity index is 1.81. The van der Waals surface area contributed by atoms with Gasteiger partial charge in [0.15, 0.2) is 0 Å². The van der Waals surface area contributed by atoms with E-state index in [0.717, 1.165) is 9.47 Å². The Hall–Kier alpha value is -4.66. The average Bonchev–Trinajstić information content (AvgIpc) is 2.94. The van der Waals surface area contributed by atoms with Gasteiger partial charge in [0.05, 0.1) is 28.0 Å². The van der Waals surface area contributed by atoms with E-state index in [9.17, 15) is 27.6 Å². The molecule has 3 aromatic carbocycles. The van der Waals surface area contributed by atoms with Crippen LogP contribution >= 0.6 is 23.2 Å². The first-order valence-electron chi connectivity index (χ1n) is 14.3. The molecule has 0 bridgehead atoms. The van der Waals surface area contributed by atoms with Crippen molar-refractivity contribution in [1.29, 1.82) is 0 Å². The molecular weight excluding hydrogens is 685 g/mol. The lowest BCUT2D eigenvalue weighted by Crippen LogP contribution is -2.45. The van der Waals surface area contributed by atoms with Gasteiger partial charge in [0.1, 0.15) is 11.2 Å². The third kappa shape index (κ3) is 8.24. The molecule has 254 valence electrons. The summed E-state index contributed by atoms with van der Waals surface area (Å²) in [5.74, 6) is -0.525. The summed E-state index contributed by atoms with van der Waals surface area (Å²) in [5.41, 5.74) is 2.78. The maximum atomic E-state index is 13.8. The highest BCUT2D eigenvalue weighted by Crippen LogP contribution is 2.23. The highest BCUT2D eigenvalue weighted by atomic mass is 35.5. The molecule has 0 unspecified atom stereocenters. The highest BCUT2D eigenvalue weighted by Gasteiger charge is 2.29. The number of carbonyl (C=O) groups excluding carboxylic acids is 2. The molecule has 1 heterocycles. The second-order valence-corrected chi connectivity index (χ2v) is 15.2. The van der Waals surface area contributed by atoms with Crippen LogP contribution in [0.4, 0.5) is 15.3 Å². The maximum Gasteiger partial charge on any atom is 0.437 e. The van der Waals surface area contributed by atoms with E-state index in [-0.39, 0.29) is 42.0 Å². The molecule has 0 saturated carbocycles. The number of amides is 2. The van der Waals surface area contributed by atoms with Crippen molar-refractivity contribution in [2.45, 2.75) is 64.2 Å². The van der Waals surface area contributed by atoms with Gasteiger partial charge < -0.3 is 15.2 Å². The van der Waals surface area contributed by atoms with Crippen molar-refractivity contribution in [2.75, 3.05) is 4.90 Å². The molecule has 0 fully saturated rings. The number of halogens is 2. The van der Waals surface area contributed by atoms with Crippen LogP contribution in [0.5, 0.6) is 0 Å². The van der Waals surface area contributed by atoms with E-state index in [2.05, 4.69) is 4.99 Å². The summed E-state index contributed by atoms with van der Waals surface area (Å²) in [6.07, 6.45) is -1.96. The second-order valence-electron chi connectivity index (χ2n) is 12.5. The Morgan fingerprint density at radius 1 is 0.854 bits per heavy atom. The van der Waals surface area contributed by atoms with E-state index >= 15 is 0 Å². The molecule has 2 amide bonds. The molecule has 0 spiro atoms. The smallest absolute Gasteiger partial charge is 0.437 e. The van der Waals surface area contributed by atoms with Crippen molar-refractivity contribution >= 4 is 68.0 Å². The summed E-state index contributed by atoms with van der Waals surface area (Å²) in [7, 11) is -4.65. The minimum Gasteiger partial charge on any atom is -0.443 e. The van der Waals surface area contributed by atoms with Crippen LogP contribution in [-0.4, -0.2) is 46.3 Å². The van der Waals surface area contributed by atoms with Crippen molar-refractivity contribution < 1.29 is 27.5 Å². The first kappa shape index (κ1) is 36.2. The minimum absolute atomic E-state index is 0.0737. The van der Waals surface area contributed by atoms with Gasteiger partial charge in [-0.25, -0.2) is 27.7 Å². The van der Waals surface area contributed by atoms with Gasteiger partial charge in [-0.05, 0) is 102 Å². The zero-order valence-corrected chi connectivity index (χ0v) is 29.2. The number of aliphatic imine (C=N–C) groups is 1. The van der Waals surface area contributed by atoms with Gasteiger partial charge in [0.2, 0.25) is 5.96 Å². The van der Waals surface area contributed by atoms with E-state index < -0.39 is 50.6 Å². The lowest BCUT2D eigenvalue weighted by Gasteiger charge is -2.27. The number of aromatic nitrogens is 2. The third-order valence-corrected chi connectivity index (χ3v) is 8.52. The average molecular weight is 719 g/mol. The van der Waals surface area contributed by atoms with Crippen molar-refractivity contribution in [3.63, 3.8) is 0 Å². The number of guanidine groups is 1. The Morgan fingerprint density at radius 3 is 1.98 bits per heavy atom. The summed E-state index contributed by atoms with van der Waals surface area (Å²) in [6, 6.07) is 15.1. The van der Waals surface area contributed by atoms with Crippen LogP contribution in [-0.2, 0) is 26.0 Å². The Kier molecular flexibility index (Phi) is 10.1. The third-order valence-electron chi connectivity index (χ3n) is 6.36. The van der Waals surface area contributed by atoms with E-state index in [0.29, 0.717) is 5.56 Å². The fourth-order valence-corrected chi connectivity index (χ4v) is 6.00. The standard InChI is InChI=1S/C32H33Cl2N5O8S/c1-31(2,3)46-28(41)36-27(35)38(30(43)47-32(4,5)6)22-12-7-19(8-13-22)18-37-25-17-21(34)11-16-24(25)26(40)39(29(37)42)48(44,45)23-14-9-20(33)10-15-23/h7-17H,18H2,1-6H3,(H2,35,36,41). The first-order chi connectivity index (χ1) is 22.2.